The second kappa shape index (κ2) is 4.14. The van der Waals surface area contributed by atoms with Crippen LogP contribution in [-0.4, -0.2) is 17.3 Å². The zero-order valence-corrected chi connectivity index (χ0v) is 8.94. The number of primary amides is 2. The highest BCUT2D eigenvalue weighted by Crippen LogP contribution is 2.58. The Morgan fingerprint density at radius 2 is 1.65 bits per heavy atom. The Morgan fingerprint density at radius 1 is 1.18 bits per heavy atom. The normalized spacial score (nSPS) is 20.2. The van der Waals surface area contributed by atoms with Gasteiger partial charge in [-0.15, -0.1) is 0 Å². The van der Waals surface area contributed by atoms with Crippen molar-refractivity contribution < 1.29 is 19.5 Å². The van der Waals surface area contributed by atoms with Gasteiger partial charge in [-0.1, -0.05) is 12.1 Å². The molecule has 5 nitrogen and oxygen atoms in total. The highest BCUT2D eigenvalue weighted by molar-refractivity contribution is 6.08. The van der Waals surface area contributed by atoms with E-state index < -0.39 is 17.2 Å². The van der Waals surface area contributed by atoms with Gasteiger partial charge in [0, 0.05) is 5.92 Å². The molecule has 1 aliphatic rings. The van der Waals surface area contributed by atoms with Crippen LogP contribution in [0.3, 0.4) is 0 Å². The molecule has 0 aromatic heterocycles. The van der Waals surface area contributed by atoms with E-state index in [0.717, 1.165) is 0 Å². The van der Waals surface area contributed by atoms with E-state index in [9.17, 15) is 14.0 Å². The van der Waals surface area contributed by atoms with Crippen LogP contribution in [0.4, 0.5) is 4.39 Å². The molecule has 1 aromatic carbocycles. The van der Waals surface area contributed by atoms with E-state index in [4.69, 9.17) is 11.5 Å². The Hall–Kier alpha value is -1.95. The first-order valence-electron chi connectivity index (χ1n) is 4.84. The van der Waals surface area contributed by atoms with Crippen LogP contribution in [0.5, 0.6) is 0 Å². The van der Waals surface area contributed by atoms with Gasteiger partial charge in [-0.2, -0.15) is 0 Å². The summed E-state index contributed by atoms with van der Waals surface area (Å²) in [7, 11) is 0. The molecular formula is C11H13FN2O3. The van der Waals surface area contributed by atoms with Crippen LogP contribution in [0.25, 0.3) is 0 Å². The predicted molar refractivity (Wildman–Crippen MR) is 58.2 cm³/mol. The van der Waals surface area contributed by atoms with Crippen LogP contribution in [0.15, 0.2) is 24.3 Å². The van der Waals surface area contributed by atoms with E-state index in [1.54, 1.807) is 0 Å². The van der Waals surface area contributed by atoms with E-state index >= 15 is 0 Å². The van der Waals surface area contributed by atoms with Crippen molar-refractivity contribution in [1.82, 2.24) is 0 Å². The van der Waals surface area contributed by atoms with Crippen molar-refractivity contribution in [3.63, 3.8) is 0 Å². The fourth-order valence-corrected chi connectivity index (χ4v) is 2.03. The number of amides is 2. The summed E-state index contributed by atoms with van der Waals surface area (Å²) in [5.74, 6) is -2.11. The van der Waals surface area contributed by atoms with E-state index in [2.05, 4.69) is 0 Å². The quantitative estimate of drug-likeness (QED) is 0.689. The fraction of sp³-hybridized carbons (Fsp3) is 0.273. The van der Waals surface area contributed by atoms with Crippen molar-refractivity contribution in [3.05, 3.63) is 35.6 Å². The van der Waals surface area contributed by atoms with Crippen molar-refractivity contribution in [3.8, 4) is 0 Å². The first kappa shape index (κ1) is 13.1. The molecule has 17 heavy (non-hydrogen) atoms. The molecular weight excluding hydrogens is 227 g/mol. The smallest absolute Gasteiger partial charge is 0.233 e. The molecule has 1 saturated carbocycles. The largest absolute Gasteiger partial charge is 0.412 e. The number of hydrogen-bond acceptors (Lipinski definition) is 2. The number of nitrogens with two attached hydrogens (primary N) is 2. The number of hydrogen-bond donors (Lipinski definition) is 2. The maximum absolute atomic E-state index is 12.7. The third-order valence-electron chi connectivity index (χ3n) is 3.11. The zero-order valence-electron chi connectivity index (χ0n) is 8.94. The third-order valence-corrected chi connectivity index (χ3v) is 3.11. The molecule has 0 heterocycles. The summed E-state index contributed by atoms with van der Waals surface area (Å²) in [6.07, 6.45) is 0.309. The van der Waals surface area contributed by atoms with Crippen LogP contribution in [0, 0.1) is 11.2 Å². The summed E-state index contributed by atoms with van der Waals surface area (Å²) in [6, 6.07) is 5.63. The molecule has 0 spiro atoms. The summed E-state index contributed by atoms with van der Waals surface area (Å²) in [4.78, 5) is 22.4. The lowest BCUT2D eigenvalue weighted by molar-refractivity contribution is -0.133. The van der Waals surface area contributed by atoms with Gasteiger partial charge in [0.15, 0.2) is 0 Å². The fourth-order valence-electron chi connectivity index (χ4n) is 2.03. The van der Waals surface area contributed by atoms with Gasteiger partial charge in [-0.3, -0.25) is 9.59 Å². The third kappa shape index (κ3) is 1.87. The molecule has 1 fully saturated rings. The van der Waals surface area contributed by atoms with Crippen molar-refractivity contribution in [1.29, 1.82) is 0 Å². The molecule has 0 bridgehead atoms. The SMILES string of the molecule is NC(=O)C1(C(N)=O)CC1c1ccc(F)cc1.O. The summed E-state index contributed by atoms with van der Waals surface area (Å²) >= 11 is 0. The van der Waals surface area contributed by atoms with E-state index in [1.165, 1.54) is 24.3 Å². The van der Waals surface area contributed by atoms with Gasteiger partial charge < -0.3 is 16.9 Å². The highest BCUT2D eigenvalue weighted by atomic mass is 19.1. The highest BCUT2D eigenvalue weighted by Gasteiger charge is 2.64. The Kier molecular flexibility index (Phi) is 3.19. The number of benzene rings is 1. The van der Waals surface area contributed by atoms with Crippen LogP contribution < -0.4 is 11.5 Å². The van der Waals surface area contributed by atoms with Crippen LogP contribution in [0.1, 0.15) is 17.9 Å². The molecule has 2 amide bonds. The van der Waals surface area contributed by atoms with Gasteiger partial charge >= 0.3 is 0 Å². The Labute approximate surface area is 96.9 Å². The molecule has 0 radical (unpaired) electrons. The Bertz CT molecular complexity index is 444. The number of carbonyl (C=O) groups is 2. The molecule has 0 aliphatic heterocycles. The lowest BCUT2D eigenvalue weighted by Crippen LogP contribution is -2.38. The number of carbonyl (C=O) groups excluding carboxylic acids is 2. The van der Waals surface area contributed by atoms with Gasteiger partial charge in [-0.25, -0.2) is 4.39 Å². The summed E-state index contributed by atoms with van der Waals surface area (Å²) in [6.45, 7) is 0. The number of halogens is 1. The average Bonchev–Trinajstić information content (AvgIpc) is 2.95. The minimum atomic E-state index is -1.28. The molecule has 6 heteroatoms. The van der Waals surface area contributed by atoms with E-state index in [1.807, 2.05) is 0 Å². The van der Waals surface area contributed by atoms with Gasteiger partial charge in [-0.05, 0) is 24.1 Å². The second-order valence-corrected chi connectivity index (χ2v) is 4.01. The van der Waals surface area contributed by atoms with Crippen molar-refractivity contribution in [2.45, 2.75) is 12.3 Å². The molecule has 6 N–H and O–H groups in total. The lowest BCUT2D eigenvalue weighted by Gasteiger charge is -2.08. The van der Waals surface area contributed by atoms with E-state index in [0.29, 0.717) is 12.0 Å². The maximum Gasteiger partial charge on any atom is 0.233 e. The zero-order chi connectivity index (χ0) is 11.9. The summed E-state index contributed by atoms with van der Waals surface area (Å²) in [5.41, 5.74) is 9.78. The van der Waals surface area contributed by atoms with Crippen molar-refractivity contribution in [2.75, 3.05) is 0 Å². The molecule has 1 atom stereocenters. The van der Waals surface area contributed by atoms with Crippen LogP contribution in [0.2, 0.25) is 0 Å². The number of rotatable bonds is 3. The lowest BCUT2D eigenvalue weighted by atomic mass is 9.98. The standard InChI is InChI=1S/C11H11FN2O2.H2O/c12-7-3-1-6(2-4-7)8-5-11(8,9(13)15)10(14)16;/h1-4,8H,5H2,(H2,13,15)(H2,14,16);1H2. The molecule has 1 unspecified atom stereocenters. The van der Waals surface area contributed by atoms with Gasteiger partial charge in [0.1, 0.15) is 11.2 Å². The summed E-state index contributed by atoms with van der Waals surface area (Å²) < 4.78 is 12.7. The van der Waals surface area contributed by atoms with Crippen molar-refractivity contribution in [2.24, 2.45) is 16.9 Å². The van der Waals surface area contributed by atoms with E-state index in [-0.39, 0.29) is 17.2 Å². The first-order valence-corrected chi connectivity index (χ1v) is 4.84. The second-order valence-electron chi connectivity index (χ2n) is 4.01. The maximum atomic E-state index is 12.7. The molecule has 0 saturated heterocycles. The van der Waals surface area contributed by atoms with Crippen LogP contribution >= 0.6 is 0 Å². The van der Waals surface area contributed by atoms with Crippen molar-refractivity contribution >= 4 is 11.8 Å². The first-order chi connectivity index (χ1) is 7.48. The Morgan fingerprint density at radius 3 is 2.00 bits per heavy atom. The van der Waals surface area contributed by atoms with Gasteiger partial charge in [0.05, 0.1) is 0 Å². The monoisotopic (exact) mass is 240 g/mol. The summed E-state index contributed by atoms with van der Waals surface area (Å²) in [5, 5.41) is 0. The Balaban J connectivity index is 0.00000144. The average molecular weight is 240 g/mol. The minimum Gasteiger partial charge on any atom is -0.412 e. The van der Waals surface area contributed by atoms with Crippen LogP contribution in [-0.2, 0) is 9.59 Å². The molecule has 1 aromatic rings. The molecule has 2 rings (SSSR count). The molecule has 92 valence electrons. The minimum absolute atomic E-state index is 0. The topological polar surface area (TPSA) is 118 Å². The molecule has 1 aliphatic carbocycles. The van der Waals surface area contributed by atoms with Gasteiger partial charge in [0.2, 0.25) is 11.8 Å². The van der Waals surface area contributed by atoms with Gasteiger partial charge in [0.25, 0.3) is 0 Å². The predicted octanol–water partition coefficient (Wildman–Crippen LogP) is -0.555.